The molecule has 106 valence electrons. The van der Waals surface area contributed by atoms with E-state index in [2.05, 4.69) is 46.0 Å². The van der Waals surface area contributed by atoms with Gasteiger partial charge in [0.1, 0.15) is 6.07 Å². The lowest BCUT2D eigenvalue weighted by molar-refractivity contribution is 0.0773. The zero-order chi connectivity index (χ0) is 14.2. The third kappa shape index (κ3) is 5.17. The molecule has 0 bridgehead atoms. The van der Waals surface area contributed by atoms with Crippen LogP contribution in [0.4, 0.5) is 0 Å². The van der Waals surface area contributed by atoms with Gasteiger partial charge in [0.05, 0.1) is 25.3 Å². The van der Waals surface area contributed by atoms with Crippen LogP contribution in [0, 0.1) is 18.3 Å². The quantitative estimate of drug-likeness (QED) is 0.486. The summed E-state index contributed by atoms with van der Waals surface area (Å²) in [4.78, 5) is 0. The molecule has 1 aliphatic heterocycles. The van der Waals surface area contributed by atoms with Crippen LogP contribution in [0.5, 0.6) is 0 Å². The fourth-order valence-electron chi connectivity index (χ4n) is 1.64. The summed E-state index contributed by atoms with van der Waals surface area (Å²) in [5.74, 6) is 0.774. The molecule has 1 saturated heterocycles. The van der Waals surface area contributed by atoms with Crippen molar-refractivity contribution in [3.05, 3.63) is 35.4 Å². The van der Waals surface area contributed by atoms with Gasteiger partial charge in [-0.1, -0.05) is 41.6 Å². The van der Waals surface area contributed by atoms with E-state index < -0.39 is 0 Å². The molecular formula is C14H17N3OS2. The third-order valence-electron chi connectivity index (χ3n) is 2.80. The van der Waals surface area contributed by atoms with Gasteiger partial charge in [0, 0.05) is 18.8 Å². The molecule has 1 heterocycles. The zero-order valence-electron chi connectivity index (χ0n) is 11.4. The van der Waals surface area contributed by atoms with E-state index in [1.54, 1.807) is 0 Å². The lowest BCUT2D eigenvalue weighted by Crippen LogP contribution is -2.30. The van der Waals surface area contributed by atoms with E-state index >= 15 is 0 Å². The Hall–Kier alpha value is -1.00. The first kappa shape index (κ1) is 15.4. The number of rotatable bonds is 4. The number of benzene rings is 1. The Balaban J connectivity index is 1.82. The standard InChI is InChI=1S/C14H17N3OS2/c1-12-2-4-13(5-3-12)11-19-14(10-15)16-20-17-6-8-18-9-7-17/h2-5H,6-9,11H2,1H3. The molecule has 1 fully saturated rings. The summed E-state index contributed by atoms with van der Waals surface area (Å²) in [6.07, 6.45) is 0. The molecule has 0 saturated carbocycles. The number of thioether (sulfide) groups is 1. The highest BCUT2D eigenvalue weighted by molar-refractivity contribution is 8.14. The Morgan fingerprint density at radius 3 is 2.70 bits per heavy atom. The van der Waals surface area contributed by atoms with Crippen LogP contribution < -0.4 is 0 Å². The van der Waals surface area contributed by atoms with Crippen molar-refractivity contribution in [2.75, 3.05) is 26.3 Å². The first-order chi connectivity index (χ1) is 9.78. The number of ether oxygens (including phenoxy) is 1. The molecule has 1 aromatic carbocycles. The molecule has 2 rings (SSSR count). The van der Waals surface area contributed by atoms with Gasteiger partial charge in [0.15, 0.2) is 5.04 Å². The molecule has 0 aliphatic carbocycles. The van der Waals surface area contributed by atoms with Gasteiger partial charge < -0.3 is 4.74 Å². The Kier molecular flexibility index (Phi) is 6.40. The lowest BCUT2D eigenvalue weighted by Gasteiger charge is -2.22. The van der Waals surface area contributed by atoms with E-state index in [9.17, 15) is 0 Å². The monoisotopic (exact) mass is 307 g/mol. The Morgan fingerprint density at radius 2 is 2.05 bits per heavy atom. The normalized spacial score (nSPS) is 16.9. The SMILES string of the molecule is Cc1ccc(CSC(C#N)=NSN2CCOCC2)cc1. The van der Waals surface area contributed by atoms with Crippen LogP contribution in [0.15, 0.2) is 28.7 Å². The van der Waals surface area contributed by atoms with Crippen LogP contribution in [0.3, 0.4) is 0 Å². The van der Waals surface area contributed by atoms with Gasteiger partial charge in [0.2, 0.25) is 0 Å². The molecule has 1 aliphatic rings. The van der Waals surface area contributed by atoms with Crippen LogP contribution in [0.1, 0.15) is 11.1 Å². The summed E-state index contributed by atoms with van der Waals surface area (Å²) >= 11 is 2.84. The second-order valence-corrected chi connectivity index (χ2v) is 6.23. The van der Waals surface area contributed by atoms with Crippen molar-refractivity contribution >= 4 is 28.9 Å². The van der Waals surface area contributed by atoms with E-state index in [4.69, 9.17) is 10.00 Å². The van der Waals surface area contributed by atoms with Crippen LogP contribution in [0.25, 0.3) is 0 Å². The predicted octanol–water partition coefficient (Wildman–Crippen LogP) is 3.05. The van der Waals surface area contributed by atoms with Crippen LogP contribution in [-0.4, -0.2) is 35.7 Å². The fourth-order valence-corrected chi connectivity index (χ4v) is 3.05. The fraction of sp³-hybridized carbons (Fsp3) is 0.429. The summed E-state index contributed by atoms with van der Waals surface area (Å²) in [6.45, 7) is 5.25. The van der Waals surface area contributed by atoms with Gasteiger partial charge in [-0.15, -0.1) is 0 Å². The molecule has 0 atom stereocenters. The van der Waals surface area contributed by atoms with Crippen molar-refractivity contribution in [1.82, 2.24) is 4.31 Å². The number of morpholine rings is 1. The molecular weight excluding hydrogens is 290 g/mol. The molecule has 0 radical (unpaired) electrons. The highest BCUT2D eigenvalue weighted by Gasteiger charge is 2.11. The van der Waals surface area contributed by atoms with Crippen molar-refractivity contribution < 1.29 is 4.74 Å². The highest BCUT2D eigenvalue weighted by Crippen LogP contribution is 2.19. The highest BCUT2D eigenvalue weighted by atomic mass is 32.2. The van der Waals surface area contributed by atoms with Gasteiger partial charge in [-0.3, -0.25) is 0 Å². The van der Waals surface area contributed by atoms with Gasteiger partial charge in [0.25, 0.3) is 0 Å². The molecule has 0 aromatic heterocycles. The Bertz CT molecular complexity index is 490. The minimum atomic E-state index is 0.516. The minimum Gasteiger partial charge on any atom is -0.379 e. The number of nitrogens with zero attached hydrogens (tertiary/aromatic N) is 3. The number of nitriles is 1. The van der Waals surface area contributed by atoms with Crippen molar-refractivity contribution in [3.8, 4) is 6.07 Å². The molecule has 0 N–H and O–H groups in total. The number of hydrogen-bond donors (Lipinski definition) is 0. The molecule has 0 amide bonds. The topological polar surface area (TPSA) is 48.6 Å². The van der Waals surface area contributed by atoms with Crippen molar-refractivity contribution in [1.29, 1.82) is 5.26 Å². The first-order valence-electron chi connectivity index (χ1n) is 6.44. The average Bonchev–Trinajstić information content (AvgIpc) is 2.50. The molecule has 0 unspecified atom stereocenters. The van der Waals surface area contributed by atoms with E-state index in [1.165, 1.54) is 35.0 Å². The lowest BCUT2D eigenvalue weighted by atomic mass is 10.2. The zero-order valence-corrected chi connectivity index (χ0v) is 13.0. The van der Waals surface area contributed by atoms with Gasteiger partial charge in [-0.2, -0.15) is 9.66 Å². The first-order valence-corrected chi connectivity index (χ1v) is 8.16. The van der Waals surface area contributed by atoms with Gasteiger partial charge in [-0.05, 0) is 12.5 Å². The summed E-state index contributed by atoms with van der Waals surface area (Å²) in [5.41, 5.74) is 2.45. The Labute approximate surface area is 128 Å². The van der Waals surface area contributed by atoms with E-state index in [-0.39, 0.29) is 0 Å². The molecule has 20 heavy (non-hydrogen) atoms. The molecule has 0 spiro atoms. The summed E-state index contributed by atoms with van der Waals surface area (Å²) in [6, 6.07) is 10.5. The summed E-state index contributed by atoms with van der Waals surface area (Å²) in [7, 11) is 0. The second kappa shape index (κ2) is 8.32. The Morgan fingerprint density at radius 1 is 1.35 bits per heavy atom. The summed E-state index contributed by atoms with van der Waals surface area (Å²) < 4.78 is 11.7. The van der Waals surface area contributed by atoms with E-state index in [0.717, 1.165) is 32.1 Å². The molecule has 4 nitrogen and oxygen atoms in total. The van der Waals surface area contributed by atoms with E-state index in [1.807, 2.05) is 0 Å². The molecule has 6 heteroatoms. The maximum Gasteiger partial charge on any atom is 0.183 e. The maximum atomic E-state index is 9.12. The number of hydrogen-bond acceptors (Lipinski definition) is 6. The number of aryl methyl sites for hydroxylation is 1. The van der Waals surface area contributed by atoms with Gasteiger partial charge >= 0.3 is 0 Å². The molecule has 1 aromatic rings. The van der Waals surface area contributed by atoms with Crippen LogP contribution in [-0.2, 0) is 10.5 Å². The van der Waals surface area contributed by atoms with Gasteiger partial charge in [-0.25, -0.2) is 4.31 Å². The van der Waals surface area contributed by atoms with Crippen molar-refractivity contribution in [3.63, 3.8) is 0 Å². The predicted molar refractivity (Wildman–Crippen MR) is 85.5 cm³/mol. The van der Waals surface area contributed by atoms with E-state index in [0.29, 0.717) is 5.04 Å². The van der Waals surface area contributed by atoms with Crippen molar-refractivity contribution in [2.24, 2.45) is 4.40 Å². The average molecular weight is 307 g/mol. The van der Waals surface area contributed by atoms with Crippen molar-refractivity contribution in [2.45, 2.75) is 12.7 Å². The largest absolute Gasteiger partial charge is 0.379 e. The smallest absolute Gasteiger partial charge is 0.183 e. The van der Waals surface area contributed by atoms with Crippen LogP contribution in [0.2, 0.25) is 0 Å². The second-order valence-electron chi connectivity index (χ2n) is 4.41. The maximum absolute atomic E-state index is 9.12. The summed E-state index contributed by atoms with van der Waals surface area (Å²) in [5, 5.41) is 9.64. The third-order valence-corrected chi connectivity index (χ3v) is 4.71. The van der Waals surface area contributed by atoms with Crippen LogP contribution >= 0.6 is 23.9 Å². The minimum absolute atomic E-state index is 0.516.